The second-order valence-electron chi connectivity index (χ2n) is 11.9. The van der Waals surface area contributed by atoms with Gasteiger partial charge in [0.25, 0.3) is 0 Å². The third-order valence-corrected chi connectivity index (χ3v) is 9.00. The third-order valence-electron chi connectivity index (χ3n) is 9.00. The summed E-state index contributed by atoms with van der Waals surface area (Å²) in [6.45, 7) is 0. The molecule has 0 saturated carbocycles. The maximum atomic E-state index is 9.59. The van der Waals surface area contributed by atoms with E-state index in [0.717, 1.165) is 21.5 Å². The minimum absolute atomic E-state index is 0.0679. The van der Waals surface area contributed by atoms with Gasteiger partial charge in [-0.15, -0.1) is 0 Å². The summed E-state index contributed by atoms with van der Waals surface area (Å²) in [7, 11) is 0. The number of hydrogen-bond donors (Lipinski definition) is 0. The molecule has 10 rings (SSSR count). The average molecular weight is 636 g/mol. The Bertz CT molecular complexity index is 3240. The molecule has 0 aliphatic rings. The van der Waals surface area contributed by atoms with E-state index in [9.17, 15) is 11.0 Å². The Morgan fingerprint density at radius 1 is 0.408 bits per heavy atom. The van der Waals surface area contributed by atoms with Crippen molar-refractivity contribution in [2.45, 2.75) is 0 Å². The molecule has 49 heavy (non-hydrogen) atoms. The number of fused-ring (bicyclic) bond motifs is 8. The molecule has 3 nitrogen and oxygen atoms in total. The number of hydrogen-bond acceptors (Lipinski definition) is 3. The zero-order valence-corrected chi connectivity index (χ0v) is 25.9. The highest BCUT2D eigenvalue weighted by molar-refractivity contribution is 6.19. The summed E-state index contributed by atoms with van der Waals surface area (Å²) in [5, 5.41) is 4.65. The predicted octanol–water partition coefficient (Wildman–Crippen LogP) is 13.4. The molecule has 10 aromatic rings. The van der Waals surface area contributed by atoms with Crippen molar-refractivity contribution in [3.8, 4) is 22.3 Å². The number of nitrogens with zero attached hydrogens (tertiary/aromatic N) is 1. The van der Waals surface area contributed by atoms with E-state index in [1.165, 1.54) is 4.90 Å². The highest BCUT2D eigenvalue weighted by atomic mass is 16.3. The van der Waals surface area contributed by atoms with Crippen molar-refractivity contribution in [1.29, 1.82) is 0 Å². The predicted molar refractivity (Wildman–Crippen MR) is 204 cm³/mol. The van der Waals surface area contributed by atoms with Crippen LogP contribution >= 0.6 is 0 Å². The minimum atomic E-state index is -0.428. The van der Waals surface area contributed by atoms with Gasteiger partial charge in [-0.25, -0.2) is 0 Å². The van der Waals surface area contributed by atoms with Crippen LogP contribution in [0.2, 0.25) is 0 Å². The minimum Gasteiger partial charge on any atom is -0.456 e. The van der Waals surface area contributed by atoms with E-state index in [-0.39, 0.29) is 46.7 Å². The van der Waals surface area contributed by atoms with E-state index in [1.54, 1.807) is 66.7 Å². The van der Waals surface area contributed by atoms with Crippen molar-refractivity contribution < 1.29 is 19.8 Å². The Balaban J connectivity index is 1.29. The van der Waals surface area contributed by atoms with Crippen molar-refractivity contribution >= 4 is 71.7 Å². The molecule has 3 heteroatoms. The maximum Gasteiger partial charge on any atom is 0.143 e. The second kappa shape index (κ2) is 11.0. The molecule has 0 unspecified atom stereocenters. The fraction of sp³-hybridized carbons (Fsp3) is 0. The normalized spacial score (nSPS) is 14.0. The molecular weight excluding hydrogens is 599 g/mol. The molecule has 0 aliphatic heterocycles. The highest BCUT2D eigenvalue weighted by Crippen LogP contribution is 2.45. The zero-order valence-electron chi connectivity index (χ0n) is 33.9. The maximum absolute atomic E-state index is 9.59. The summed E-state index contributed by atoms with van der Waals surface area (Å²) >= 11 is 0. The third kappa shape index (κ3) is 4.51. The Morgan fingerprint density at radius 2 is 1.06 bits per heavy atom. The first kappa shape index (κ1) is 20.6. The number of furan rings is 2. The standard InChI is InChI=1S/C46H29NO2/c1-2-9-30(10-3-1)31-17-23-35(24-18-31)47(41-14-8-16-44-45(41)39-27-21-33-11-4-5-12-37(33)46(39)49-44)36-25-19-32(20-26-36)34-22-28-43-40(29-34)38-13-6-7-15-42(38)48-43/h1-29H/i17D,18D,19D,20D,23D,24D,25D,26D. The Hall–Kier alpha value is -6.58. The van der Waals surface area contributed by atoms with E-state index in [0.29, 0.717) is 49.9 Å². The van der Waals surface area contributed by atoms with Crippen molar-refractivity contribution in [2.24, 2.45) is 0 Å². The number of rotatable bonds is 5. The molecule has 0 spiro atoms. The summed E-state index contributed by atoms with van der Waals surface area (Å²) < 4.78 is 87.9. The molecule has 2 heterocycles. The summed E-state index contributed by atoms with van der Waals surface area (Å²) in [5.41, 5.74) is 3.30. The number of benzene rings is 8. The Morgan fingerprint density at radius 3 is 1.86 bits per heavy atom. The molecule has 0 amide bonds. The lowest BCUT2D eigenvalue weighted by Crippen LogP contribution is -2.10. The summed E-state index contributed by atoms with van der Waals surface area (Å²) in [4.78, 5) is 1.35. The topological polar surface area (TPSA) is 29.5 Å². The van der Waals surface area contributed by atoms with E-state index in [4.69, 9.17) is 8.83 Å². The largest absolute Gasteiger partial charge is 0.456 e. The van der Waals surface area contributed by atoms with Gasteiger partial charge >= 0.3 is 0 Å². The fourth-order valence-electron chi connectivity index (χ4n) is 6.68. The lowest BCUT2D eigenvalue weighted by atomic mass is 10.0. The highest BCUT2D eigenvalue weighted by Gasteiger charge is 2.20. The van der Waals surface area contributed by atoms with E-state index >= 15 is 0 Å². The van der Waals surface area contributed by atoms with Crippen LogP contribution < -0.4 is 4.90 Å². The number of para-hydroxylation sites is 1. The first-order valence-corrected chi connectivity index (χ1v) is 15.9. The van der Waals surface area contributed by atoms with Crippen molar-refractivity contribution in [3.05, 3.63) is 176 Å². The number of anilines is 3. The first-order chi connectivity index (χ1) is 27.6. The molecule has 0 radical (unpaired) electrons. The fourth-order valence-corrected chi connectivity index (χ4v) is 6.68. The van der Waals surface area contributed by atoms with Crippen LogP contribution in [0.3, 0.4) is 0 Å². The molecule has 230 valence electrons. The lowest BCUT2D eigenvalue weighted by molar-refractivity contribution is 0.669. The molecule has 8 aromatic carbocycles. The quantitative estimate of drug-likeness (QED) is 0.188. The summed E-state index contributed by atoms with van der Waals surface area (Å²) in [6.07, 6.45) is 0. The van der Waals surface area contributed by atoms with E-state index < -0.39 is 24.2 Å². The van der Waals surface area contributed by atoms with Crippen LogP contribution in [-0.2, 0) is 0 Å². The first-order valence-electron chi connectivity index (χ1n) is 19.9. The SMILES string of the molecule is [2H]c1c([2H])c(N(c2c([2H])c([2H])c(-c3ccc4oc5ccccc5c4c3)c([2H])c2[2H])c2cccc3oc4c5ccccc5ccc4c23)c([2H])c([2H])c1-c1ccccc1. The molecule has 2 aromatic heterocycles. The molecular formula is C46H29NO2. The van der Waals surface area contributed by atoms with Gasteiger partial charge in [0.2, 0.25) is 0 Å². The Kier molecular flexibility index (Phi) is 4.63. The van der Waals surface area contributed by atoms with Gasteiger partial charge in [0.1, 0.15) is 22.3 Å². The van der Waals surface area contributed by atoms with Gasteiger partial charge in [0.15, 0.2) is 0 Å². The monoisotopic (exact) mass is 635 g/mol. The van der Waals surface area contributed by atoms with Gasteiger partial charge in [-0.3, -0.25) is 0 Å². The molecule has 0 saturated heterocycles. The van der Waals surface area contributed by atoms with Crippen LogP contribution in [0.25, 0.3) is 76.9 Å². The molecule has 0 atom stereocenters. The van der Waals surface area contributed by atoms with E-state index in [1.807, 2.05) is 60.7 Å². The van der Waals surface area contributed by atoms with Crippen LogP contribution in [0.4, 0.5) is 17.1 Å². The smallest absolute Gasteiger partial charge is 0.143 e. The van der Waals surface area contributed by atoms with Gasteiger partial charge in [0, 0.05) is 32.9 Å². The van der Waals surface area contributed by atoms with E-state index in [2.05, 4.69) is 0 Å². The summed E-state index contributed by atoms with van der Waals surface area (Å²) in [6, 6.07) is 35.5. The van der Waals surface area contributed by atoms with Gasteiger partial charge < -0.3 is 13.7 Å². The van der Waals surface area contributed by atoms with Crippen LogP contribution in [0, 0.1) is 0 Å². The molecule has 0 fully saturated rings. The second-order valence-corrected chi connectivity index (χ2v) is 11.9. The summed E-state index contributed by atoms with van der Waals surface area (Å²) in [5.74, 6) is 0. The Labute approximate surface area is 294 Å². The van der Waals surface area contributed by atoms with Crippen LogP contribution in [0.15, 0.2) is 185 Å². The molecule has 0 bridgehead atoms. The van der Waals surface area contributed by atoms with Gasteiger partial charge in [-0.05, 0) is 88.2 Å². The van der Waals surface area contributed by atoms with Crippen molar-refractivity contribution in [1.82, 2.24) is 0 Å². The zero-order chi connectivity index (χ0) is 39.3. The average Bonchev–Trinajstić information content (AvgIpc) is 3.81. The van der Waals surface area contributed by atoms with Crippen molar-refractivity contribution in [2.75, 3.05) is 4.90 Å². The van der Waals surface area contributed by atoms with Crippen LogP contribution in [0.1, 0.15) is 11.0 Å². The molecule has 0 aliphatic carbocycles. The van der Waals surface area contributed by atoms with Crippen molar-refractivity contribution in [3.63, 3.8) is 0 Å². The van der Waals surface area contributed by atoms with Gasteiger partial charge in [-0.2, -0.15) is 0 Å². The van der Waals surface area contributed by atoms with Gasteiger partial charge in [0.05, 0.1) is 22.0 Å². The van der Waals surface area contributed by atoms with Crippen LogP contribution in [-0.4, -0.2) is 0 Å². The van der Waals surface area contributed by atoms with Gasteiger partial charge in [-0.1, -0.05) is 115 Å². The lowest BCUT2D eigenvalue weighted by Gasteiger charge is -2.26. The molecule has 0 N–H and O–H groups in total. The van der Waals surface area contributed by atoms with Crippen LogP contribution in [0.5, 0.6) is 0 Å².